The number of nitrogen functional groups attached to an aromatic ring is 1. The molecule has 3 amide bonds. The third-order valence-electron chi connectivity index (χ3n) is 4.09. The van der Waals surface area contributed by atoms with E-state index in [1.165, 1.54) is 4.90 Å². The van der Waals surface area contributed by atoms with Crippen molar-refractivity contribution in [1.29, 1.82) is 0 Å². The third-order valence-corrected chi connectivity index (χ3v) is 4.09. The normalized spacial score (nSPS) is 19.8. The van der Waals surface area contributed by atoms with Crippen molar-refractivity contribution in [2.45, 2.75) is 37.8 Å². The molecule has 1 saturated heterocycles. The Kier molecular flexibility index (Phi) is 3.34. The highest BCUT2D eigenvalue weighted by Gasteiger charge is 2.52. The van der Waals surface area contributed by atoms with Crippen LogP contribution in [0.2, 0.25) is 0 Å². The molecule has 1 aliphatic carbocycles. The standard InChI is InChI=1S/C13H19N7O2/c1-19(2)11-16-8(15-10(14)17-11)7-20-9(21)13(18-12(20)22)5-3-4-6-13/h3-7H2,1-2H3,(H,18,22)(H2,14,15,16,17). The Morgan fingerprint density at radius 3 is 2.55 bits per heavy atom. The SMILES string of the molecule is CN(C)c1nc(N)nc(CN2C(=O)NC3(CCCC3)C2=O)n1. The van der Waals surface area contributed by atoms with Crippen LogP contribution in [-0.4, -0.2) is 51.4 Å². The lowest BCUT2D eigenvalue weighted by molar-refractivity contribution is -0.131. The maximum Gasteiger partial charge on any atom is 0.325 e. The fraction of sp³-hybridized carbons (Fsp3) is 0.615. The van der Waals surface area contributed by atoms with Crippen LogP contribution < -0.4 is 16.0 Å². The van der Waals surface area contributed by atoms with Crippen molar-refractivity contribution in [3.8, 4) is 0 Å². The minimum atomic E-state index is -0.722. The van der Waals surface area contributed by atoms with E-state index in [1.54, 1.807) is 19.0 Å². The second kappa shape index (κ2) is 5.08. The van der Waals surface area contributed by atoms with E-state index >= 15 is 0 Å². The summed E-state index contributed by atoms with van der Waals surface area (Å²) in [5, 5.41) is 2.83. The Balaban J connectivity index is 1.84. The predicted octanol–water partition coefficient (Wildman–Crippen LogP) is -0.116. The van der Waals surface area contributed by atoms with Gasteiger partial charge in [-0.05, 0) is 12.8 Å². The molecule has 3 N–H and O–H groups in total. The number of urea groups is 1. The van der Waals surface area contributed by atoms with Gasteiger partial charge in [0.1, 0.15) is 5.54 Å². The second-order valence-corrected chi connectivity index (χ2v) is 5.91. The summed E-state index contributed by atoms with van der Waals surface area (Å²) in [5.74, 6) is 0.566. The average Bonchev–Trinajstić information content (AvgIpc) is 3.00. The van der Waals surface area contributed by atoms with E-state index in [4.69, 9.17) is 5.73 Å². The van der Waals surface area contributed by atoms with Crippen LogP contribution in [0, 0.1) is 0 Å². The summed E-state index contributed by atoms with van der Waals surface area (Å²) < 4.78 is 0. The smallest absolute Gasteiger partial charge is 0.325 e. The molecule has 1 aromatic heterocycles. The molecule has 1 aliphatic heterocycles. The van der Waals surface area contributed by atoms with Crippen molar-refractivity contribution in [3.63, 3.8) is 0 Å². The molecule has 0 atom stereocenters. The van der Waals surface area contributed by atoms with E-state index in [1.807, 2.05) is 0 Å². The van der Waals surface area contributed by atoms with Gasteiger partial charge in [0.05, 0.1) is 6.54 Å². The first-order chi connectivity index (χ1) is 10.4. The van der Waals surface area contributed by atoms with Crippen molar-refractivity contribution in [2.75, 3.05) is 24.7 Å². The molecule has 9 heteroatoms. The number of hydrogen-bond donors (Lipinski definition) is 2. The molecule has 2 aliphatic rings. The van der Waals surface area contributed by atoms with E-state index in [2.05, 4.69) is 20.3 Å². The molecule has 0 unspecified atom stereocenters. The van der Waals surface area contributed by atoms with Crippen molar-refractivity contribution in [3.05, 3.63) is 5.82 Å². The number of aromatic nitrogens is 3. The van der Waals surface area contributed by atoms with E-state index < -0.39 is 11.6 Å². The van der Waals surface area contributed by atoms with Gasteiger partial charge in [0.15, 0.2) is 5.82 Å². The first kappa shape index (κ1) is 14.5. The van der Waals surface area contributed by atoms with Crippen molar-refractivity contribution >= 4 is 23.8 Å². The highest BCUT2D eigenvalue weighted by atomic mass is 16.2. The van der Waals surface area contributed by atoms with Crippen LogP contribution >= 0.6 is 0 Å². The predicted molar refractivity (Wildman–Crippen MR) is 78.8 cm³/mol. The van der Waals surface area contributed by atoms with Crippen molar-refractivity contribution < 1.29 is 9.59 Å². The highest BCUT2D eigenvalue weighted by Crippen LogP contribution is 2.35. The average molecular weight is 305 g/mol. The third kappa shape index (κ3) is 2.32. The quantitative estimate of drug-likeness (QED) is 0.748. The number of rotatable bonds is 3. The van der Waals surface area contributed by atoms with Gasteiger partial charge < -0.3 is 16.0 Å². The number of anilines is 2. The summed E-state index contributed by atoms with van der Waals surface area (Å²) in [5.41, 5.74) is 4.94. The van der Waals surface area contributed by atoms with Gasteiger partial charge in [-0.25, -0.2) is 4.79 Å². The maximum atomic E-state index is 12.6. The fourth-order valence-electron chi connectivity index (χ4n) is 2.97. The zero-order chi connectivity index (χ0) is 15.9. The number of carbonyl (C=O) groups excluding carboxylic acids is 2. The highest BCUT2D eigenvalue weighted by molar-refractivity contribution is 6.07. The van der Waals surface area contributed by atoms with Gasteiger partial charge in [0.2, 0.25) is 11.9 Å². The number of amides is 3. The summed E-state index contributed by atoms with van der Waals surface area (Å²) in [7, 11) is 3.56. The van der Waals surface area contributed by atoms with Crippen molar-refractivity contribution in [2.24, 2.45) is 0 Å². The van der Waals surface area contributed by atoms with Gasteiger partial charge in [0, 0.05) is 14.1 Å². The molecule has 2 fully saturated rings. The fourth-order valence-corrected chi connectivity index (χ4v) is 2.97. The zero-order valence-corrected chi connectivity index (χ0v) is 12.7. The number of nitrogens with zero attached hydrogens (tertiary/aromatic N) is 5. The van der Waals surface area contributed by atoms with Crippen LogP contribution in [0.25, 0.3) is 0 Å². The second-order valence-electron chi connectivity index (χ2n) is 5.91. The molecule has 0 aromatic carbocycles. The summed E-state index contributed by atoms with van der Waals surface area (Å²) in [6.45, 7) is -0.0000231. The maximum absolute atomic E-state index is 12.6. The largest absolute Gasteiger partial charge is 0.368 e. The van der Waals surface area contributed by atoms with Crippen LogP contribution in [0.1, 0.15) is 31.5 Å². The number of nitrogens with one attached hydrogen (secondary N) is 1. The topological polar surface area (TPSA) is 117 Å². The molecule has 0 bridgehead atoms. The molecule has 22 heavy (non-hydrogen) atoms. The molecular formula is C13H19N7O2. The first-order valence-corrected chi connectivity index (χ1v) is 7.23. The van der Waals surface area contributed by atoms with Crippen LogP contribution in [0.15, 0.2) is 0 Å². The molecule has 0 radical (unpaired) electrons. The van der Waals surface area contributed by atoms with Gasteiger partial charge in [-0.3, -0.25) is 9.69 Å². The summed E-state index contributed by atoms with van der Waals surface area (Å²) in [6.07, 6.45) is 3.28. The van der Waals surface area contributed by atoms with Crippen LogP contribution in [0.4, 0.5) is 16.7 Å². The molecule has 1 saturated carbocycles. The molecule has 118 valence electrons. The van der Waals surface area contributed by atoms with Crippen LogP contribution in [0.3, 0.4) is 0 Å². The van der Waals surface area contributed by atoms with Gasteiger partial charge >= 0.3 is 6.03 Å². The Morgan fingerprint density at radius 1 is 1.23 bits per heavy atom. The summed E-state index contributed by atoms with van der Waals surface area (Å²) in [6, 6.07) is -0.391. The number of imide groups is 1. The monoisotopic (exact) mass is 305 g/mol. The molecule has 2 heterocycles. The number of hydrogen-bond acceptors (Lipinski definition) is 7. The summed E-state index contributed by atoms with van der Waals surface area (Å²) in [4.78, 5) is 39.8. The van der Waals surface area contributed by atoms with Crippen molar-refractivity contribution in [1.82, 2.24) is 25.2 Å². The first-order valence-electron chi connectivity index (χ1n) is 7.23. The number of carbonyl (C=O) groups is 2. The lowest BCUT2D eigenvalue weighted by atomic mass is 9.98. The Labute approximate surface area is 127 Å². The Bertz CT molecular complexity index is 625. The van der Waals surface area contributed by atoms with E-state index in [-0.39, 0.29) is 18.4 Å². The Hall–Kier alpha value is -2.45. The molecule has 3 rings (SSSR count). The van der Waals surface area contributed by atoms with Gasteiger partial charge in [0.25, 0.3) is 5.91 Å². The minimum Gasteiger partial charge on any atom is -0.368 e. The summed E-state index contributed by atoms with van der Waals surface area (Å²) >= 11 is 0. The zero-order valence-electron chi connectivity index (χ0n) is 12.7. The minimum absolute atomic E-state index is 0.0000231. The van der Waals surface area contributed by atoms with Gasteiger partial charge in [-0.15, -0.1) is 0 Å². The van der Waals surface area contributed by atoms with E-state index in [9.17, 15) is 9.59 Å². The van der Waals surface area contributed by atoms with Crippen LogP contribution in [0.5, 0.6) is 0 Å². The van der Waals surface area contributed by atoms with Gasteiger partial charge in [-0.1, -0.05) is 12.8 Å². The van der Waals surface area contributed by atoms with Crippen LogP contribution in [-0.2, 0) is 11.3 Å². The molecular weight excluding hydrogens is 286 g/mol. The lowest BCUT2D eigenvalue weighted by Crippen LogP contribution is -2.44. The van der Waals surface area contributed by atoms with Gasteiger partial charge in [-0.2, -0.15) is 15.0 Å². The lowest BCUT2D eigenvalue weighted by Gasteiger charge is -2.20. The number of nitrogens with two attached hydrogens (primary N) is 1. The molecule has 1 spiro atoms. The molecule has 1 aromatic rings. The Morgan fingerprint density at radius 2 is 1.91 bits per heavy atom. The molecule has 9 nitrogen and oxygen atoms in total. The van der Waals surface area contributed by atoms with E-state index in [0.717, 1.165) is 12.8 Å². The van der Waals surface area contributed by atoms with E-state index in [0.29, 0.717) is 24.6 Å².